The summed E-state index contributed by atoms with van der Waals surface area (Å²) in [5, 5.41) is 0. The zero-order chi connectivity index (χ0) is 13.8. The van der Waals surface area contributed by atoms with Crippen molar-refractivity contribution in [2.75, 3.05) is 38.1 Å². The summed E-state index contributed by atoms with van der Waals surface area (Å²) in [6.07, 6.45) is 2.22. The minimum atomic E-state index is 0.576. The Kier molecular flexibility index (Phi) is 4.83. The largest absolute Gasteiger partial charge is 0.367 e. The molecule has 1 aromatic rings. The number of aryl methyl sites for hydroxylation is 1. The summed E-state index contributed by atoms with van der Waals surface area (Å²) in [5.74, 6) is 0. The molecule has 0 radical (unpaired) electrons. The van der Waals surface area contributed by atoms with Crippen LogP contribution in [0.4, 0.5) is 5.69 Å². The molecule has 1 heterocycles. The minimum Gasteiger partial charge on any atom is -0.367 e. The molecule has 19 heavy (non-hydrogen) atoms. The lowest BCUT2D eigenvalue weighted by atomic mass is 10.0. The van der Waals surface area contributed by atoms with E-state index >= 15 is 0 Å². The Morgan fingerprint density at radius 1 is 1.32 bits per heavy atom. The monoisotopic (exact) mass is 261 g/mol. The van der Waals surface area contributed by atoms with Crippen LogP contribution in [0.15, 0.2) is 18.2 Å². The second-order valence-corrected chi connectivity index (χ2v) is 5.81. The van der Waals surface area contributed by atoms with Crippen LogP contribution in [0.3, 0.4) is 0 Å². The molecule has 1 fully saturated rings. The standard InChI is InChI=1S/C16H27N3/c1-13-11-16(6-5-15(13)7-8-17)19-10-4-9-18(3)12-14(19)2/h5-6,11,14H,4,7-10,12,17H2,1-3H3. The van der Waals surface area contributed by atoms with Crippen LogP contribution in [0.25, 0.3) is 0 Å². The van der Waals surface area contributed by atoms with Crippen LogP contribution in [-0.4, -0.2) is 44.2 Å². The van der Waals surface area contributed by atoms with E-state index in [0.717, 1.165) is 26.1 Å². The first-order valence-corrected chi connectivity index (χ1v) is 7.36. The van der Waals surface area contributed by atoms with Gasteiger partial charge in [-0.3, -0.25) is 0 Å². The van der Waals surface area contributed by atoms with E-state index in [0.29, 0.717) is 6.04 Å². The van der Waals surface area contributed by atoms with Crippen molar-refractivity contribution in [1.82, 2.24) is 4.90 Å². The summed E-state index contributed by atoms with van der Waals surface area (Å²) < 4.78 is 0. The summed E-state index contributed by atoms with van der Waals surface area (Å²) in [6, 6.07) is 7.41. The van der Waals surface area contributed by atoms with E-state index in [1.807, 2.05) is 0 Å². The molecule has 2 rings (SSSR count). The third kappa shape index (κ3) is 3.48. The second kappa shape index (κ2) is 6.40. The van der Waals surface area contributed by atoms with Gasteiger partial charge in [0, 0.05) is 24.8 Å². The van der Waals surface area contributed by atoms with Crippen molar-refractivity contribution in [2.24, 2.45) is 5.73 Å². The average Bonchev–Trinajstić information content (AvgIpc) is 2.53. The van der Waals surface area contributed by atoms with Crippen molar-refractivity contribution < 1.29 is 0 Å². The third-order valence-corrected chi connectivity index (χ3v) is 4.12. The fraction of sp³-hybridized carbons (Fsp3) is 0.625. The minimum absolute atomic E-state index is 0.576. The van der Waals surface area contributed by atoms with Crippen LogP contribution in [0, 0.1) is 6.92 Å². The first-order valence-electron chi connectivity index (χ1n) is 7.36. The van der Waals surface area contributed by atoms with Crippen molar-refractivity contribution in [3.63, 3.8) is 0 Å². The molecule has 2 N–H and O–H groups in total. The van der Waals surface area contributed by atoms with Crippen molar-refractivity contribution in [1.29, 1.82) is 0 Å². The molecule has 1 unspecified atom stereocenters. The van der Waals surface area contributed by atoms with Gasteiger partial charge < -0.3 is 15.5 Å². The van der Waals surface area contributed by atoms with E-state index in [2.05, 4.69) is 48.9 Å². The lowest BCUT2D eigenvalue weighted by molar-refractivity contribution is 0.337. The number of nitrogens with zero attached hydrogens (tertiary/aromatic N) is 2. The van der Waals surface area contributed by atoms with Gasteiger partial charge in [0.05, 0.1) is 0 Å². The SMILES string of the molecule is Cc1cc(N2CCCN(C)CC2C)ccc1CCN. The molecule has 1 atom stereocenters. The molecule has 1 aliphatic rings. The van der Waals surface area contributed by atoms with E-state index in [1.54, 1.807) is 0 Å². The zero-order valence-corrected chi connectivity index (χ0v) is 12.5. The molecule has 1 saturated heterocycles. The molecule has 106 valence electrons. The molecule has 3 nitrogen and oxygen atoms in total. The molecular weight excluding hydrogens is 234 g/mol. The predicted molar refractivity (Wildman–Crippen MR) is 82.9 cm³/mol. The molecule has 0 aromatic heterocycles. The number of nitrogens with two attached hydrogens (primary N) is 1. The molecule has 0 saturated carbocycles. The average molecular weight is 261 g/mol. The lowest BCUT2D eigenvalue weighted by Gasteiger charge is -2.30. The van der Waals surface area contributed by atoms with Crippen LogP contribution in [0.2, 0.25) is 0 Å². The van der Waals surface area contributed by atoms with Gasteiger partial charge in [0.1, 0.15) is 0 Å². The Hall–Kier alpha value is -1.06. The Bertz CT molecular complexity index is 416. The maximum Gasteiger partial charge on any atom is 0.0388 e. The lowest BCUT2D eigenvalue weighted by Crippen LogP contribution is -2.37. The van der Waals surface area contributed by atoms with Gasteiger partial charge in [-0.2, -0.15) is 0 Å². The van der Waals surface area contributed by atoms with Crippen LogP contribution >= 0.6 is 0 Å². The Morgan fingerprint density at radius 3 is 2.79 bits per heavy atom. The highest BCUT2D eigenvalue weighted by Crippen LogP contribution is 2.23. The summed E-state index contributed by atoms with van der Waals surface area (Å²) in [6.45, 7) is 8.75. The molecule has 0 aliphatic carbocycles. The van der Waals surface area contributed by atoms with Gasteiger partial charge >= 0.3 is 0 Å². The number of anilines is 1. The normalized spacial score (nSPS) is 21.5. The summed E-state index contributed by atoms with van der Waals surface area (Å²) in [7, 11) is 2.22. The van der Waals surface area contributed by atoms with Crippen molar-refractivity contribution in [3.05, 3.63) is 29.3 Å². The predicted octanol–water partition coefficient (Wildman–Crippen LogP) is 2.03. The zero-order valence-electron chi connectivity index (χ0n) is 12.5. The van der Waals surface area contributed by atoms with Gasteiger partial charge in [-0.25, -0.2) is 0 Å². The van der Waals surface area contributed by atoms with Gasteiger partial charge in [-0.05, 0) is 70.1 Å². The topological polar surface area (TPSA) is 32.5 Å². The molecule has 1 aromatic carbocycles. The molecule has 0 amide bonds. The first-order chi connectivity index (χ1) is 9.11. The molecule has 3 heteroatoms. The highest BCUT2D eigenvalue weighted by atomic mass is 15.2. The Morgan fingerprint density at radius 2 is 2.11 bits per heavy atom. The highest BCUT2D eigenvalue weighted by molar-refractivity contribution is 5.52. The number of rotatable bonds is 3. The number of likely N-dealkylation sites (N-methyl/N-ethyl adjacent to an activating group) is 1. The Labute approximate surface area is 117 Å². The van der Waals surface area contributed by atoms with Crippen LogP contribution in [-0.2, 0) is 6.42 Å². The fourth-order valence-electron chi connectivity index (χ4n) is 3.05. The summed E-state index contributed by atoms with van der Waals surface area (Å²) in [5.41, 5.74) is 9.76. The second-order valence-electron chi connectivity index (χ2n) is 5.81. The van der Waals surface area contributed by atoms with Crippen LogP contribution in [0.1, 0.15) is 24.5 Å². The molecular formula is C16H27N3. The van der Waals surface area contributed by atoms with E-state index in [4.69, 9.17) is 5.73 Å². The molecule has 0 spiro atoms. The van der Waals surface area contributed by atoms with E-state index in [1.165, 1.54) is 29.8 Å². The van der Waals surface area contributed by atoms with E-state index in [-0.39, 0.29) is 0 Å². The van der Waals surface area contributed by atoms with Crippen molar-refractivity contribution in [2.45, 2.75) is 32.7 Å². The number of hydrogen-bond donors (Lipinski definition) is 1. The highest BCUT2D eigenvalue weighted by Gasteiger charge is 2.20. The summed E-state index contributed by atoms with van der Waals surface area (Å²) >= 11 is 0. The van der Waals surface area contributed by atoms with Gasteiger partial charge in [0.15, 0.2) is 0 Å². The first kappa shape index (κ1) is 14.4. The quantitative estimate of drug-likeness (QED) is 0.903. The van der Waals surface area contributed by atoms with Crippen LogP contribution in [0.5, 0.6) is 0 Å². The van der Waals surface area contributed by atoms with Gasteiger partial charge in [-0.1, -0.05) is 6.07 Å². The fourth-order valence-corrected chi connectivity index (χ4v) is 3.05. The smallest absolute Gasteiger partial charge is 0.0388 e. The maximum atomic E-state index is 5.65. The van der Waals surface area contributed by atoms with Crippen LogP contribution < -0.4 is 10.6 Å². The number of hydrogen-bond acceptors (Lipinski definition) is 3. The number of benzene rings is 1. The maximum absolute atomic E-state index is 5.65. The molecule has 1 aliphatic heterocycles. The van der Waals surface area contributed by atoms with E-state index < -0.39 is 0 Å². The third-order valence-electron chi connectivity index (χ3n) is 4.12. The van der Waals surface area contributed by atoms with Gasteiger partial charge in [-0.15, -0.1) is 0 Å². The van der Waals surface area contributed by atoms with Crippen molar-refractivity contribution in [3.8, 4) is 0 Å². The summed E-state index contributed by atoms with van der Waals surface area (Å²) in [4.78, 5) is 4.98. The van der Waals surface area contributed by atoms with Crippen molar-refractivity contribution >= 4 is 5.69 Å². The van der Waals surface area contributed by atoms with Gasteiger partial charge in [0.25, 0.3) is 0 Å². The van der Waals surface area contributed by atoms with Gasteiger partial charge in [0.2, 0.25) is 0 Å². The molecule has 0 bridgehead atoms. The Balaban J connectivity index is 2.18. The van der Waals surface area contributed by atoms with E-state index in [9.17, 15) is 0 Å².